The minimum Gasteiger partial charge on any atom is -0.388 e. The van der Waals surface area contributed by atoms with Crippen LogP contribution in [0.1, 0.15) is 37.3 Å². The number of nitrogens with one attached hydrogen (secondary N) is 1. The van der Waals surface area contributed by atoms with Crippen LogP contribution in [0.25, 0.3) is 6.08 Å². The number of nitro benzene ring substituents is 1. The van der Waals surface area contributed by atoms with E-state index in [0.717, 1.165) is 12.0 Å². The third-order valence-corrected chi connectivity index (χ3v) is 4.12. The molecule has 4 nitrogen and oxygen atoms in total. The van der Waals surface area contributed by atoms with Gasteiger partial charge in [-0.25, -0.2) is 0 Å². The average Bonchev–Trinajstić information content (AvgIpc) is 2.59. The van der Waals surface area contributed by atoms with Crippen molar-refractivity contribution in [1.82, 2.24) is 0 Å². The lowest BCUT2D eigenvalue weighted by atomic mass is 9.91. The van der Waals surface area contributed by atoms with E-state index < -0.39 is 0 Å². The van der Waals surface area contributed by atoms with Crippen LogP contribution in [0.3, 0.4) is 0 Å². The molecule has 0 amide bonds. The van der Waals surface area contributed by atoms with Crippen LogP contribution in [0, 0.1) is 10.1 Å². The maximum atomic E-state index is 10.4. The smallest absolute Gasteiger partial charge is 0.269 e. The Labute approximate surface area is 143 Å². The van der Waals surface area contributed by atoms with Gasteiger partial charge in [0.2, 0.25) is 0 Å². The van der Waals surface area contributed by atoms with E-state index in [-0.39, 0.29) is 10.6 Å². The van der Waals surface area contributed by atoms with Gasteiger partial charge in [0.15, 0.2) is 0 Å². The van der Waals surface area contributed by atoms with E-state index in [4.69, 9.17) is 0 Å². The lowest BCUT2D eigenvalue weighted by Crippen LogP contribution is -1.95. The fraction of sp³-hybridized carbons (Fsp3) is 0.300. The molecule has 0 unspecified atom stereocenters. The van der Waals surface area contributed by atoms with Crippen LogP contribution < -0.4 is 5.32 Å². The fourth-order valence-corrected chi connectivity index (χ4v) is 2.36. The number of benzene rings is 2. The van der Waals surface area contributed by atoms with Gasteiger partial charge in [-0.1, -0.05) is 30.7 Å². The van der Waals surface area contributed by atoms with Gasteiger partial charge in [-0.2, -0.15) is 0 Å². The van der Waals surface area contributed by atoms with Crippen molar-refractivity contribution in [2.24, 2.45) is 0 Å². The standard InChI is InChI=1S/C11H11NO2.C9H13N/c13-12(14)11-6-4-10(5-7-11)8-9-2-1-3-9;1-3-8-4-6-9(10-2)7-5-8/h4-8H,1-3H2;4-7,10H,3H2,1-2H3. The van der Waals surface area contributed by atoms with Gasteiger partial charge in [-0.15, -0.1) is 0 Å². The molecule has 0 atom stereocenters. The quantitative estimate of drug-likeness (QED) is 0.600. The Balaban J connectivity index is 0.000000185. The molecule has 0 heterocycles. The first-order valence-corrected chi connectivity index (χ1v) is 8.33. The zero-order valence-electron chi connectivity index (χ0n) is 14.3. The van der Waals surface area contributed by atoms with Crippen molar-refractivity contribution in [3.05, 3.63) is 75.3 Å². The summed E-state index contributed by atoms with van der Waals surface area (Å²) in [6, 6.07) is 15.2. The molecule has 2 aromatic rings. The molecule has 1 aliphatic rings. The Kier molecular flexibility index (Phi) is 6.55. The van der Waals surface area contributed by atoms with E-state index >= 15 is 0 Å². The molecule has 0 aromatic heterocycles. The normalized spacial score (nSPS) is 12.5. The Hall–Kier alpha value is -2.62. The maximum Gasteiger partial charge on any atom is 0.269 e. The van der Waals surface area contributed by atoms with Gasteiger partial charge < -0.3 is 5.32 Å². The Morgan fingerprint density at radius 2 is 1.71 bits per heavy atom. The molecule has 126 valence electrons. The Morgan fingerprint density at radius 3 is 2.12 bits per heavy atom. The van der Waals surface area contributed by atoms with Crippen molar-refractivity contribution in [3.63, 3.8) is 0 Å². The van der Waals surface area contributed by atoms with E-state index in [9.17, 15) is 10.1 Å². The second-order valence-corrected chi connectivity index (χ2v) is 5.81. The number of hydrogen-bond acceptors (Lipinski definition) is 3. The summed E-state index contributed by atoms with van der Waals surface area (Å²) in [5.41, 5.74) is 5.22. The highest BCUT2D eigenvalue weighted by Crippen LogP contribution is 2.27. The van der Waals surface area contributed by atoms with Gasteiger partial charge in [0.05, 0.1) is 4.92 Å². The second kappa shape index (κ2) is 8.87. The van der Waals surface area contributed by atoms with Crippen LogP contribution in [0.5, 0.6) is 0 Å². The predicted octanol–water partition coefficient (Wildman–Crippen LogP) is 5.45. The van der Waals surface area contributed by atoms with Crippen molar-refractivity contribution < 1.29 is 4.92 Å². The van der Waals surface area contributed by atoms with E-state index in [0.29, 0.717) is 0 Å². The summed E-state index contributed by atoms with van der Waals surface area (Å²) in [4.78, 5) is 10.0. The number of nitro groups is 1. The van der Waals surface area contributed by atoms with Crippen LogP contribution in [0.15, 0.2) is 54.1 Å². The molecule has 0 saturated heterocycles. The average molecular weight is 324 g/mol. The molecule has 4 heteroatoms. The van der Waals surface area contributed by atoms with E-state index in [1.807, 2.05) is 7.05 Å². The summed E-state index contributed by atoms with van der Waals surface area (Å²) in [6.07, 6.45) is 6.87. The highest BCUT2D eigenvalue weighted by atomic mass is 16.6. The number of rotatable bonds is 4. The second-order valence-electron chi connectivity index (χ2n) is 5.81. The summed E-state index contributed by atoms with van der Waals surface area (Å²) in [6.45, 7) is 2.16. The molecule has 2 aromatic carbocycles. The lowest BCUT2D eigenvalue weighted by Gasteiger charge is -2.15. The molecule has 1 N–H and O–H groups in total. The van der Waals surface area contributed by atoms with Crippen molar-refractivity contribution in [2.75, 3.05) is 12.4 Å². The predicted molar refractivity (Wildman–Crippen MR) is 100 cm³/mol. The van der Waals surface area contributed by atoms with Gasteiger partial charge in [0, 0.05) is 24.9 Å². The molecule has 0 radical (unpaired) electrons. The zero-order chi connectivity index (χ0) is 17.4. The minimum absolute atomic E-state index is 0.153. The highest BCUT2D eigenvalue weighted by molar-refractivity contribution is 5.55. The number of anilines is 1. The fourth-order valence-electron chi connectivity index (χ4n) is 2.36. The summed E-state index contributed by atoms with van der Waals surface area (Å²) >= 11 is 0. The zero-order valence-corrected chi connectivity index (χ0v) is 14.3. The number of nitrogens with zero attached hydrogens (tertiary/aromatic N) is 1. The number of hydrogen-bond donors (Lipinski definition) is 1. The molecule has 24 heavy (non-hydrogen) atoms. The number of allylic oxidation sites excluding steroid dienone is 1. The molecule has 0 spiro atoms. The first-order valence-electron chi connectivity index (χ1n) is 8.33. The third kappa shape index (κ3) is 5.23. The summed E-state index contributed by atoms with van der Waals surface area (Å²) in [5.74, 6) is 0. The van der Waals surface area contributed by atoms with E-state index in [1.165, 1.54) is 36.1 Å². The first kappa shape index (κ1) is 17.7. The monoisotopic (exact) mass is 324 g/mol. The van der Waals surface area contributed by atoms with Crippen LogP contribution >= 0.6 is 0 Å². The van der Waals surface area contributed by atoms with Crippen LogP contribution in [-0.4, -0.2) is 12.0 Å². The highest BCUT2D eigenvalue weighted by Gasteiger charge is 2.08. The summed E-state index contributed by atoms with van der Waals surface area (Å²) < 4.78 is 0. The van der Waals surface area contributed by atoms with Gasteiger partial charge in [0.25, 0.3) is 5.69 Å². The van der Waals surface area contributed by atoms with Crippen LogP contribution in [0.4, 0.5) is 11.4 Å². The van der Waals surface area contributed by atoms with Crippen LogP contribution in [0.2, 0.25) is 0 Å². The Morgan fingerprint density at radius 1 is 1.08 bits per heavy atom. The number of aryl methyl sites for hydroxylation is 1. The molecule has 0 bridgehead atoms. The third-order valence-electron chi connectivity index (χ3n) is 4.12. The van der Waals surface area contributed by atoms with Gasteiger partial charge in [-0.3, -0.25) is 10.1 Å². The molecule has 1 saturated carbocycles. The van der Waals surface area contributed by atoms with Crippen molar-refractivity contribution >= 4 is 17.5 Å². The SMILES string of the molecule is CCc1ccc(NC)cc1.O=[N+]([O-])c1ccc(C=C2CCC2)cc1. The molecule has 0 aliphatic heterocycles. The van der Waals surface area contributed by atoms with Crippen molar-refractivity contribution in [3.8, 4) is 0 Å². The van der Waals surface area contributed by atoms with E-state index in [1.54, 1.807) is 24.3 Å². The Bertz CT molecular complexity index is 660. The van der Waals surface area contributed by atoms with Gasteiger partial charge >= 0.3 is 0 Å². The topological polar surface area (TPSA) is 55.2 Å². The van der Waals surface area contributed by atoms with Crippen LogP contribution in [-0.2, 0) is 6.42 Å². The van der Waals surface area contributed by atoms with Gasteiger partial charge in [-0.05, 0) is 61.1 Å². The van der Waals surface area contributed by atoms with Crippen molar-refractivity contribution in [2.45, 2.75) is 32.6 Å². The molecule has 3 rings (SSSR count). The largest absolute Gasteiger partial charge is 0.388 e. The molecular weight excluding hydrogens is 300 g/mol. The number of non-ortho nitro benzene ring substituents is 1. The first-order chi connectivity index (χ1) is 11.6. The van der Waals surface area contributed by atoms with Crippen molar-refractivity contribution in [1.29, 1.82) is 0 Å². The maximum absolute atomic E-state index is 10.4. The summed E-state index contributed by atoms with van der Waals surface area (Å²) in [5, 5.41) is 13.5. The minimum atomic E-state index is -0.375. The molecule has 1 fully saturated rings. The molecule has 1 aliphatic carbocycles. The van der Waals surface area contributed by atoms with Gasteiger partial charge in [0.1, 0.15) is 0 Å². The van der Waals surface area contributed by atoms with E-state index in [2.05, 4.69) is 42.6 Å². The lowest BCUT2D eigenvalue weighted by molar-refractivity contribution is -0.384. The summed E-state index contributed by atoms with van der Waals surface area (Å²) in [7, 11) is 1.93. The molecular formula is C20H24N2O2.